The summed E-state index contributed by atoms with van der Waals surface area (Å²) in [5.41, 5.74) is -0.833. The number of rotatable bonds is 12. The molecule has 2 unspecified atom stereocenters. The summed E-state index contributed by atoms with van der Waals surface area (Å²) in [6.07, 6.45) is 5.21. The van der Waals surface area contributed by atoms with Gasteiger partial charge in [0.2, 0.25) is 5.91 Å². The summed E-state index contributed by atoms with van der Waals surface area (Å²) < 4.78 is 12.4. The standard InChI is InChI=1S/C31H41ClN2O6/c1-7-10-17-39-29(38)24-23-27(36)34(22(18-35)19(4)5)26(31(23)15-14-30(24,9-3)40-31)28(37)33(16-8-2)25-20(6)12-11-13-21(25)32/h7-8,11-13,19,22-24,26,35H,1-2,9-10,14-18H2,3-6H3/t22-,23-,24-,26?,30+,31?/m0/s1. The van der Waals surface area contributed by atoms with Crippen molar-refractivity contribution in [3.05, 3.63) is 54.1 Å². The normalized spacial score (nSPS) is 29.4. The molecule has 0 saturated carbocycles. The molecule has 3 saturated heterocycles. The van der Waals surface area contributed by atoms with Crippen molar-refractivity contribution in [2.75, 3.05) is 24.7 Å². The first kappa shape index (κ1) is 30.3. The number of aliphatic hydroxyl groups excluding tert-OH is 1. The van der Waals surface area contributed by atoms with Crippen molar-refractivity contribution in [3.63, 3.8) is 0 Å². The van der Waals surface area contributed by atoms with Gasteiger partial charge in [-0.3, -0.25) is 14.4 Å². The topological polar surface area (TPSA) is 96.4 Å². The molecule has 3 aliphatic heterocycles. The molecule has 0 aromatic heterocycles. The molecule has 9 heteroatoms. The lowest BCUT2D eigenvalue weighted by Crippen LogP contribution is -2.60. The Kier molecular flexibility index (Phi) is 8.83. The second kappa shape index (κ2) is 11.7. The van der Waals surface area contributed by atoms with Crippen molar-refractivity contribution in [1.29, 1.82) is 0 Å². The van der Waals surface area contributed by atoms with Crippen LogP contribution in [0.1, 0.15) is 52.0 Å². The monoisotopic (exact) mass is 572 g/mol. The van der Waals surface area contributed by atoms with E-state index in [9.17, 15) is 19.5 Å². The number of halogens is 1. The lowest BCUT2D eigenvalue weighted by atomic mass is 9.65. The van der Waals surface area contributed by atoms with Crippen LogP contribution < -0.4 is 4.90 Å². The number of likely N-dealkylation sites (tertiary alicyclic amines) is 1. The molecule has 0 aliphatic carbocycles. The molecule has 1 spiro atoms. The predicted molar refractivity (Wildman–Crippen MR) is 154 cm³/mol. The second-order valence-electron chi connectivity index (χ2n) is 11.5. The third kappa shape index (κ3) is 4.58. The van der Waals surface area contributed by atoms with E-state index in [0.29, 0.717) is 36.4 Å². The van der Waals surface area contributed by atoms with E-state index in [1.54, 1.807) is 23.1 Å². The smallest absolute Gasteiger partial charge is 0.312 e. The zero-order valence-electron chi connectivity index (χ0n) is 23.9. The van der Waals surface area contributed by atoms with Gasteiger partial charge in [-0.15, -0.1) is 13.2 Å². The van der Waals surface area contributed by atoms with Crippen molar-refractivity contribution in [2.45, 2.75) is 76.7 Å². The van der Waals surface area contributed by atoms with Crippen LogP contribution in [0.3, 0.4) is 0 Å². The first-order valence-electron chi connectivity index (χ1n) is 14.1. The zero-order valence-corrected chi connectivity index (χ0v) is 24.7. The van der Waals surface area contributed by atoms with Crippen LogP contribution in [0.25, 0.3) is 0 Å². The van der Waals surface area contributed by atoms with Crippen LogP contribution in [-0.2, 0) is 23.9 Å². The number of ether oxygens (including phenoxy) is 2. The van der Waals surface area contributed by atoms with Gasteiger partial charge in [0.25, 0.3) is 5.91 Å². The number of hydrogen-bond acceptors (Lipinski definition) is 6. The van der Waals surface area contributed by atoms with Crippen LogP contribution in [0.4, 0.5) is 5.69 Å². The molecule has 6 atom stereocenters. The Bertz CT molecular complexity index is 1170. The molecule has 8 nitrogen and oxygen atoms in total. The minimum absolute atomic E-state index is 0.153. The molecule has 2 bridgehead atoms. The lowest BCUT2D eigenvalue weighted by molar-refractivity contribution is -0.162. The average Bonchev–Trinajstić information content (AvgIpc) is 3.52. The van der Waals surface area contributed by atoms with Crippen LogP contribution in [0.15, 0.2) is 43.5 Å². The highest BCUT2D eigenvalue weighted by Crippen LogP contribution is 2.65. The van der Waals surface area contributed by atoms with E-state index in [-0.39, 0.29) is 37.5 Å². The third-order valence-electron chi connectivity index (χ3n) is 9.02. The number of hydrogen-bond donors (Lipinski definition) is 1. The largest absolute Gasteiger partial charge is 0.465 e. The minimum atomic E-state index is -1.25. The van der Waals surface area contributed by atoms with Gasteiger partial charge in [-0.2, -0.15) is 0 Å². The van der Waals surface area contributed by atoms with Gasteiger partial charge in [-0.25, -0.2) is 0 Å². The number of esters is 1. The van der Waals surface area contributed by atoms with Gasteiger partial charge in [-0.05, 0) is 50.2 Å². The minimum Gasteiger partial charge on any atom is -0.465 e. The second-order valence-corrected chi connectivity index (χ2v) is 11.9. The first-order chi connectivity index (χ1) is 19.0. The van der Waals surface area contributed by atoms with Crippen molar-refractivity contribution >= 4 is 35.1 Å². The number of aryl methyl sites for hydroxylation is 1. The number of benzene rings is 1. The molecule has 3 fully saturated rings. The molecule has 1 N–H and O–H groups in total. The summed E-state index contributed by atoms with van der Waals surface area (Å²) in [7, 11) is 0. The Labute approximate surface area is 241 Å². The summed E-state index contributed by atoms with van der Waals surface area (Å²) in [4.78, 5) is 45.8. The van der Waals surface area contributed by atoms with Crippen LogP contribution in [0.5, 0.6) is 0 Å². The molecule has 40 heavy (non-hydrogen) atoms. The summed E-state index contributed by atoms with van der Waals surface area (Å²) >= 11 is 6.63. The van der Waals surface area contributed by atoms with Crippen molar-refractivity contribution < 1.29 is 29.0 Å². The van der Waals surface area contributed by atoms with Gasteiger partial charge >= 0.3 is 5.97 Å². The molecule has 0 radical (unpaired) electrons. The number of nitrogens with zero attached hydrogens (tertiary/aromatic N) is 2. The van der Waals surface area contributed by atoms with Crippen LogP contribution in [0, 0.1) is 24.7 Å². The number of aliphatic hydroxyl groups is 1. The Morgan fingerprint density at radius 2 is 2.02 bits per heavy atom. The van der Waals surface area contributed by atoms with Gasteiger partial charge in [0.15, 0.2) is 0 Å². The fourth-order valence-corrected chi connectivity index (χ4v) is 7.46. The quantitative estimate of drug-likeness (QED) is 0.226. The van der Waals surface area contributed by atoms with Gasteiger partial charge in [0, 0.05) is 6.54 Å². The Hall–Kier alpha value is -2.68. The molecule has 1 aromatic carbocycles. The van der Waals surface area contributed by atoms with Gasteiger partial charge in [0.1, 0.15) is 17.6 Å². The number of carbonyl (C=O) groups is 3. The lowest BCUT2D eigenvalue weighted by Gasteiger charge is -2.41. The zero-order chi connectivity index (χ0) is 29.4. The van der Waals surface area contributed by atoms with E-state index >= 15 is 0 Å². The van der Waals surface area contributed by atoms with Crippen LogP contribution in [0.2, 0.25) is 5.02 Å². The first-order valence-corrected chi connectivity index (χ1v) is 14.5. The van der Waals surface area contributed by atoms with E-state index in [0.717, 1.165) is 5.56 Å². The number of para-hydroxylation sites is 1. The van der Waals surface area contributed by atoms with Crippen LogP contribution >= 0.6 is 11.6 Å². The molecule has 3 aliphatic rings. The summed E-state index contributed by atoms with van der Waals surface area (Å²) in [6.45, 7) is 15.1. The highest BCUT2D eigenvalue weighted by Gasteiger charge is 2.79. The SMILES string of the molecule is C=CCCOC(=O)[C@@H]1[C@H]2C(=O)N([C@@H](CO)C(C)C)C(C(=O)N(CC=C)c3c(C)cccc3Cl)C23CC[C@@]1(CC)O3. The fourth-order valence-electron chi connectivity index (χ4n) is 7.14. The average molecular weight is 573 g/mol. The Balaban J connectivity index is 1.88. The summed E-state index contributed by atoms with van der Waals surface area (Å²) in [5, 5.41) is 10.9. The Morgan fingerprint density at radius 1 is 1.30 bits per heavy atom. The maximum absolute atomic E-state index is 14.8. The van der Waals surface area contributed by atoms with Crippen molar-refractivity contribution in [2.24, 2.45) is 17.8 Å². The third-order valence-corrected chi connectivity index (χ3v) is 9.33. The van der Waals surface area contributed by atoms with E-state index in [1.807, 2.05) is 39.8 Å². The molecule has 2 amide bonds. The number of anilines is 1. The maximum atomic E-state index is 14.8. The molecular formula is C31H41ClN2O6. The molecule has 1 aromatic rings. The number of fused-ring (bicyclic) bond motifs is 1. The number of carbonyl (C=O) groups excluding carboxylic acids is 3. The molecule has 3 heterocycles. The van der Waals surface area contributed by atoms with Gasteiger partial charge in [-0.1, -0.05) is 56.7 Å². The maximum Gasteiger partial charge on any atom is 0.312 e. The number of amides is 2. The predicted octanol–water partition coefficient (Wildman–Crippen LogP) is 4.46. The van der Waals surface area contributed by atoms with Crippen molar-refractivity contribution in [3.8, 4) is 0 Å². The van der Waals surface area contributed by atoms with E-state index in [4.69, 9.17) is 21.1 Å². The summed E-state index contributed by atoms with van der Waals surface area (Å²) in [5.74, 6) is -3.15. The Morgan fingerprint density at radius 3 is 2.60 bits per heavy atom. The molecule has 218 valence electrons. The van der Waals surface area contributed by atoms with E-state index in [2.05, 4.69) is 13.2 Å². The highest BCUT2D eigenvalue weighted by molar-refractivity contribution is 6.34. The van der Waals surface area contributed by atoms with E-state index in [1.165, 1.54) is 4.90 Å². The van der Waals surface area contributed by atoms with E-state index < -0.39 is 41.1 Å². The van der Waals surface area contributed by atoms with Gasteiger partial charge < -0.3 is 24.4 Å². The van der Waals surface area contributed by atoms with Crippen LogP contribution in [-0.4, -0.2) is 70.8 Å². The van der Waals surface area contributed by atoms with Crippen molar-refractivity contribution in [1.82, 2.24) is 4.90 Å². The fraction of sp³-hybridized carbons (Fsp3) is 0.581. The van der Waals surface area contributed by atoms with Gasteiger partial charge in [0.05, 0.1) is 41.5 Å². The highest BCUT2D eigenvalue weighted by atomic mass is 35.5. The molecular weight excluding hydrogens is 532 g/mol. The molecule has 4 rings (SSSR count). The summed E-state index contributed by atoms with van der Waals surface area (Å²) in [6, 6.07) is 3.67.